The second kappa shape index (κ2) is 7.43. The van der Waals surface area contributed by atoms with Gasteiger partial charge in [0.05, 0.1) is 11.1 Å². The molecule has 2 heterocycles. The Morgan fingerprint density at radius 3 is 1.50 bits per heavy atom. The maximum Gasteiger partial charge on any atom is 0.336 e. The molecule has 0 saturated carbocycles. The minimum Gasteiger partial charge on any atom is -0.478 e. The van der Waals surface area contributed by atoms with Crippen LogP contribution in [0, 0.1) is 13.8 Å². The lowest BCUT2D eigenvalue weighted by Crippen LogP contribution is -2.10. The van der Waals surface area contributed by atoms with Gasteiger partial charge in [-0.25, -0.2) is 9.59 Å². The van der Waals surface area contributed by atoms with E-state index < -0.39 is 11.9 Å². The van der Waals surface area contributed by atoms with Crippen molar-refractivity contribution >= 4 is 34.6 Å². The van der Waals surface area contributed by atoms with Gasteiger partial charge in [0.25, 0.3) is 0 Å². The highest BCUT2D eigenvalue weighted by Crippen LogP contribution is 2.27. The Morgan fingerprint density at radius 1 is 0.769 bits per heavy atom. The van der Waals surface area contributed by atoms with Gasteiger partial charge < -0.3 is 10.2 Å². The van der Waals surface area contributed by atoms with Crippen LogP contribution in [0.2, 0.25) is 0 Å². The fourth-order valence-corrected chi connectivity index (χ4v) is 4.75. The molecule has 0 bridgehead atoms. The molecule has 0 radical (unpaired) electrons. The van der Waals surface area contributed by atoms with Crippen molar-refractivity contribution < 1.29 is 19.8 Å². The first-order chi connectivity index (χ1) is 12.3. The Morgan fingerprint density at radius 2 is 1.19 bits per heavy atom. The third kappa shape index (κ3) is 4.03. The third-order valence-electron chi connectivity index (χ3n) is 4.11. The van der Waals surface area contributed by atoms with Crippen LogP contribution >= 0.6 is 22.7 Å². The predicted molar refractivity (Wildman–Crippen MR) is 104 cm³/mol. The first kappa shape index (κ1) is 18.4. The minimum absolute atomic E-state index is 0.0552. The van der Waals surface area contributed by atoms with Gasteiger partial charge in [0.2, 0.25) is 0 Å². The van der Waals surface area contributed by atoms with Gasteiger partial charge in [-0.3, -0.25) is 0 Å². The van der Waals surface area contributed by atoms with Gasteiger partial charge in [-0.15, -0.1) is 22.7 Å². The van der Waals surface area contributed by atoms with E-state index in [2.05, 4.69) is 0 Å². The van der Waals surface area contributed by atoms with E-state index in [0.29, 0.717) is 24.0 Å². The quantitative estimate of drug-likeness (QED) is 0.625. The zero-order chi connectivity index (χ0) is 18.8. The topological polar surface area (TPSA) is 74.6 Å². The maximum atomic E-state index is 11.7. The van der Waals surface area contributed by atoms with Crippen LogP contribution in [0.3, 0.4) is 0 Å². The molecule has 2 N–H and O–H groups in total. The Hall–Kier alpha value is -2.44. The van der Waals surface area contributed by atoms with Crippen LogP contribution in [0.4, 0.5) is 0 Å². The number of carboxylic acid groups (broad SMARTS) is 2. The lowest BCUT2D eigenvalue weighted by molar-refractivity contribution is 0.0695. The predicted octanol–water partition coefficient (Wildman–Crippen LogP) is 5.00. The molecule has 3 rings (SSSR count). The van der Waals surface area contributed by atoms with Crippen LogP contribution in [0.5, 0.6) is 0 Å². The smallest absolute Gasteiger partial charge is 0.336 e. The zero-order valence-electron chi connectivity index (χ0n) is 14.4. The molecule has 6 heteroatoms. The summed E-state index contributed by atoms with van der Waals surface area (Å²) in [6.45, 7) is 4.01. The van der Waals surface area contributed by atoms with Gasteiger partial charge in [-0.1, -0.05) is 6.07 Å². The summed E-state index contributed by atoms with van der Waals surface area (Å²) in [5.41, 5.74) is 1.40. The van der Waals surface area contributed by atoms with Crippen LogP contribution in [-0.2, 0) is 12.8 Å². The van der Waals surface area contributed by atoms with Gasteiger partial charge in [0.15, 0.2) is 0 Å². The average Bonchev–Trinajstić information content (AvgIpc) is 3.15. The van der Waals surface area contributed by atoms with E-state index in [1.54, 1.807) is 28.7 Å². The highest BCUT2D eigenvalue weighted by atomic mass is 32.1. The van der Waals surface area contributed by atoms with Crippen molar-refractivity contribution in [2.24, 2.45) is 0 Å². The number of benzene rings is 1. The Kier molecular flexibility index (Phi) is 5.25. The van der Waals surface area contributed by atoms with E-state index in [0.717, 1.165) is 19.5 Å². The van der Waals surface area contributed by atoms with Gasteiger partial charge in [0.1, 0.15) is 0 Å². The molecule has 0 aliphatic carbocycles. The number of aryl methyl sites for hydroxylation is 2. The fraction of sp³-hybridized carbons (Fsp3) is 0.200. The first-order valence-electron chi connectivity index (χ1n) is 8.06. The number of rotatable bonds is 6. The standard InChI is InChI=1S/C20H18O4S2/c1-11-3-5-15(25-11)8-13-7-14(9-16-6-4-12(2)26-16)18(20(23)24)10-17(13)19(21)22/h3-7,10H,8-9H2,1-2H3,(H,21,22)(H,23,24). The molecule has 4 nitrogen and oxygen atoms in total. The normalized spacial score (nSPS) is 10.8. The van der Waals surface area contributed by atoms with Gasteiger partial charge >= 0.3 is 11.9 Å². The second-order valence-corrected chi connectivity index (χ2v) is 8.90. The van der Waals surface area contributed by atoms with E-state index in [-0.39, 0.29) is 11.1 Å². The Labute approximate surface area is 159 Å². The molecule has 0 amide bonds. The minimum atomic E-state index is -1.10. The number of aromatic carboxylic acids is 2. The van der Waals surface area contributed by atoms with Crippen molar-refractivity contribution in [1.82, 2.24) is 0 Å². The average molecular weight is 386 g/mol. The van der Waals surface area contributed by atoms with E-state index >= 15 is 0 Å². The van der Waals surface area contributed by atoms with Gasteiger partial charge in [-0.2, -0.15) is 0 Å². The molecule has 0 atom stereocenters. The number of carbonyl (C=O) groups is 2. The summed E-state index contributed by atoms with van der Waals surface area (Å²) in [5, 5.41) is 19.1. The third-order valence-corrected chi connectivity index (χ3v) is 6.11. The van der Waals surface area contributed by atoms with Gasteiger partial charge in [0, 0.05) is 32.4 Å². The van der Waals surface area contributed by atoms with Crippen molar-refractivity contribution in [3.05, 3.63) is 78.2 Å². The van der Waals surface area contributed by atoms with Crippen molar-refractivity contribution in [3.63, 3.8) is 0 Å². The molecular formula is C20H18O4S2. The molecule has 26 heavy (non-hydrogen) atoms. The van der Waals surface area contributed by atoms with Crippen LogP contribution in [0.25, 0.3) is 0 Å². The molecule has 0 aliphatic heterocycles. The molecule has 134 valence electrons. The molecule has 3 aromatic rings. The fourth-order valence-electron chi connectivity index (χ4n) is 2.92. The Balaban J connectivity index is 2.07. The van der Waals surface area contributed by atoms with Crippen molar-refractivity contribution in [1.29, 1.82) is 0 Å². The van der Waals surface area contributed by atoms with Crippen molar-refractivity contribution in [2.45, 2.75) is 26.7 Å². The van der Waals surface area contributed by atoms with Crippen molar-refractivity contribution in [2.75, 3.05) is 0 Å². The van der Waals surface area contributed by atoms with Crippen LogP contribution in [0.1, 0.15) is 51.4 Å². The van der Waals surface area contributed by atoms with Crippen molar-refractivity contribution in [3.8, 4) is 0 Å². The zero-order valence-corrected chi connectivity index (χ0v) is 16.0. The van der Waals surface area contributed by atoms with E-state index in [1.165, 1.54) is 6.07 Å². The summed E-state index contributed by atoms with van der Waals surface area (Å²) in [4.78, 5) is 27.8. The molecule has 0 fully saturated rings. The van der Waals surface area contributed by atoms with Crippen LogP contribution in [0.15, 0.2) is 36.4 Å². The highest BCUT2D eigenvalue weighted by molar-refractivity contribution is 7.12. The summed E-state index contributed by atoms with van der Waals surface area (Å²) >= 11 is 3.24. The molecule has 1 aromatic carbocycles. The van der Waals surface area contributed by atoms with E-state index in [1.807, 2.05) is 38.1 Å². The molecular weight excluding hydrogens is 368 g/mol. The first-order valence-corrected chi connectivity index (χ1v) is 9.70. The molecule has 0 aliphatic rings. The lowest BCUT2D eigenvalue weighted by Gasteiger charge is -2.12. The highest BCUT2D eigenvalue weighted by Gasteiger charge is 2.20. The SMILES string of the molecule is Cc1ccc(Cc2cc(Cc3ccc(C)s3)c(C(=O)O)cc2C(=O)O)s1. The number of thiophene rings is 2. The second-order valence-electron chi connectivity index (χ2n) is 6.16. The number of carboxylic acids is 2. The summed E-state index contributed by atoms with van der Waals surface area (Å²) in [6.07, 6.45) is 0.965. The molecule has 0 saturated heterocycles. The Bertz CT molecular complexity index is 906. The number of hydrogen-bond donors (Lipinski definition) is 2. The van der Waals surface area contributed by atoms with Crippen LogP contribution < -0.4 is 0 Å². The molecule has 0 spiro atoms. The van der Waals surface area contributed by atoms with Gasteiger partial charge in [-0.05, 0) is 55.3 Å². The molecule has 0 unspecified atom stereocenters. The maximum absolute atomic E-state index is 11.7. The summed E-state index contributed by atoms with van der Waals surface area (Å²) in [7, 11) is 0. The van der Waals surface area contributed by atoms with Crippen LogP contribution in [-0.4, -0.2) is 22.2 Å². The van der Waals surface area contributed by atoms with E-state index in [4.69, 9.17) is 0 Å². The molecule has 2 aromatic heterocycles. The monoisotopic (exact) mass is 386 g/mol. The summed E-state index contributed by atoms with van der Waals surface area (Å²) < 4.78 is 0. The summed E-state index contributed by atoms with van der Waals surface area (Å²) in [6, 6.07) is 11.0. The largest absolute Gasteiger partial charge is 0.478 e. The lowest BCUT2D eigenvalue weighted by atomic mass is 9.94. The number of hydrogen-bond acceptors (Lipinski definition) is 4. The summed E-state index contributed by atoms with van der Waals surface area (Å²) in [5.74, 6) is -2.21. The van der Waals surface area contributed by atoms with E-state index in [9.17, 15) is 19.8 Å².